The molecule has 0 unspecified atom stereocenters. The van der Waals surface area contributed by atoms with E-state index in [0.717, 1.165) is 39.0 Å². The summed E-state index contributed by atoms with van der Waals surface area (Å²) in [7, 11) is 0. The predicted molar refractivity (Wildman–Crippen MR) is 80.5 cm³/mol. The highest BCUT2D eigenvalue weighted by molar-refractivity contribution is 5.78. The van der Waals surface area contributed by atoms with Gasteiger partial charge in [-0.3, -0.25) is 4.79 Å². The largest absolute Gasteiger partial charge is 0.342 e. The number of halogens is 1. The molecule has 2 aliphatic heterocycles. The van der Waals surface area contributed by atoms with Crippen molar-refractivity contribution in [3.8, 4) is 0 Å². The number of hydrogen-bond donors (Lipinski definition) is 1. The summed E-state index contributed by atoms with van der Waals surface area (Å²) in [4.78, 5) is 14.3. The molecule has 1 spiro atoms. The second-order valence-electron chi connectivity index (χ2n) is 6.40. The highest BCUT2D eigenvalue weighted by Gasteiger charge is 2.36. The standard InChI is InChI=1S/C17H23FN2O/c18-15-4-2-1-3-14(15)13-16(21)20-11-7-17(8-12-20)5-9-19-10-6-17/h1-4,19H,5-13H2. The van der Waals surface area contributed by atoms with E-state index < -0.39 is 0 Å². The van der Waals surface area contributed by atoms with E-state index in [4.69, 9.17) is 0 Å². The average Bonchev–Trinajstić information content (AvgIpc) is 2.51. The van der Waals surface area contributed by atoms with Gasteiger partial charge in [-0.1, -0.05) is 18.2 Å². The normalized spacial score (nSPS) is 21.5. The summed E-state index contributed by atoms with van der Waals surface area (Å²) >= 11 is 0. The molecular formula is C17H23FN2O. The molecule has 0 saturated carbocycles. The Kier molecular flexibility index (Phi) is 4.24. The number of nitrogens with zero attached hydrogens (tertiary/aromatic N) is 1. The molecule has 3 rings (SSSR count). The third kappa shape index (κ3) is 3.26. The van der Waals surface area contributed by atoms with E-state index in [1.54, 1.807) is 18.2 Å². The van der Waals surface area contributed by atoms with Crippen LogP contribution in [0.5, 0.6) is 0 Å². The van der Waals surface area contributed by atoms with Crippen molar-refractivity contribution < 1.29 is 9.18 Å². The van der Waals surface area contributed by atoms with Crippen molar-refractivity contribution in [1.29, 1.82) is 0 Å². The lowest BCUT2D eigenvalue weighted by molar-refractivity contribution is -0.133. The van der Waals surface area contributed by atoms with Crippen LogP contribution in [0, 0.1) is 11.2 Å². The van der Waals surface area contributed by atoms with Gasteiger partial charge in [-0.25, -0.2) is 4.39 Å². The summed E-state index contributed by atoms with van der Waals surface area (Å²) in [5.41, 5.74) is 0.949. The molecule has 2 saturated heterocycles. The minimum Gasteiger partial charge on any atom is -0.342 e. The van der Waals surface area contributed by atoms with Crippen LogP contribution in [0.4, 0.5) is 4.39 Å². The molecule has 2 aliphatic rings. The van der Waals surface area contributed by atoms with Crippen LogP contribution in [0.25, 0.3) is 0 Å². The molecule has 4 heteroatoms. The number of rotatable bonds is 2. The molecule has 2 heterocycles. The summed E-state index contributed by atoms with van der Waals surface area (Å²) < 4.78 is 13.6. The minimum absolute atomic E-state index is 0.0592. The Morgan fingerprint density at radius 3 is 2.48 bits per heavy atom. The fourth-order valence-corrected chi connectivity index (χ4v) is 3.60. The molecule has 114 valence electrons. The Morgan fingerprint density at radius 2 is 1.81 bits per heavy atom. The number of benzene rings is 1. The van der Waals surface area contributed by atoms with Crippen molar-refractivity contribution in [2.45, 2.75) is 32.1 Å². The zero-order chi connectivity index (χ0) is 14.7. The third-order valence-electron chi connectivity index (χ3n) is 5.14. The third-order valence-corrected chi connectivity index (χ3v) is 5.14. The van der Waals surface area contributed by atoms with Gasteiger partial charge in [0.15, 0.2) is 0 Å². The van der Waals surface area contributed by atoms with Gasteiger partial charge in [-0.2, -0.15) is 0 Å². The summed E-state index contributed by atoms with van der Waals surface area (Å²) in [6.07, 6.45) is 4.82. The van der Waals surface area contributed by atoms with Crippen molar-refractivity contribution in [2.24, 2.45) is 5.41 Å². The van der Waals surface area contributed by atoms with Gasteiger partial charge in [0.1, 0.15) is 5.82 Å². The predicted octanol–water partition coefficient (Wildman–Crippen LogP) is 2.36. The Bertz CT molecular complexity index is 501. The molecular weight excluding hydrogens is 267 g/mol. The number of amides is 1. The molecule has 0 atom stereocenters. The fourth-order valence-electron chi connectivity index (χ4n) is 3.60. The van der Waals surface area contributed by atoms with Crippen LogP contribution in [-0.2, 0) is 11.2 Å². The van der Waals surface area contributed by atoms with Crippen LogP contribution >= 0.6 is 0 Å². The SMILES string of the molecule is O=C(Cc1ccccc1F)N1CCC2(CCNCC2)CC1. The van der Waals surface area contributed by atoms with Crippen LogP contribution in [0.2, 0.25) is 0 Å². The number of carbonyl (C=O) groups is 1. The van der Waals surface area contributed by atoms with Crippen LogP contribution in [0.15, 0.2) is 24.3 Å². The maximum atomic E-state index is 13.6. The second-order valence-corrected chi connectivity index (χ2v) is 6.40. The van der Waals surface area contributed by atoms with Gasteiger partial charge in [-0.05, 0) is 55.8 Å². The Labute approximate surface area is 125 Å². The lowest BCUT2D eigenvalue weighted by Crippen LogP contribution is -2.47. The zero-order valence-electron chi connectivity index (χ0n) is 12.4. The highest BCUT2D eigenvalue weighted by atomic mass is 19.1. The highest BCUT2D eigenvalue weighted by Crippen LogP contribution is 2.39. The molecule has 1 aromatic rings. The smallest absolute Gasteiger partial charge is 0.227 e. The van der Waals surface area contributed by atoms with Crippen molar-refractivity contribution in [1.82, 2.24) is 10.2 Å². The van der Waals surface area contributed by atoms with Gasteiger partial charge in [0, 0.05) is 13.1 Å². The molecule has 0 bridgehead atoms. The van der Waals surface area contributed by atoms with Crippen LogP contribution < -0.4 is 5.32 Å². The van der Waals surface area contributed by atoms with Gasteiger partial charge >= 0.3 is 0 Å². The van der Waals surface area contributed by atoms with E-state index in [-0.39, 0.29) is 18.1 Å². The summed E-state index contributed by atoms with van der Waals surface area (Å²) in [6, 6.07) is 6.56. The van der Waals surface area contributed by atoms with E-state index in [2.05, 4.69) is 5.32 Å². The number of piperidine rings is 2. The van der Waals surface area contributed by atoms with Crippen LogP contribution in [0.1, 0.15) is 31.2 Å². The first-order valence-electron chi connectivity index (χ1n) is 7.90. The maximum Gasteiger partial charge on any atom is 0.227 e. The molecule has 1 N–H and O–H groups in total. The summed E-state index contributed by atoms with van der Waals surface area (Å²) in [5, 5.41) is 3.41. The van der Waals surface area contributed by atoms with Crippen molar-refractivity contribution in [3.05, 3.63) is 35.6 Å². The zero-order valence-corrected chi connectivity index (χ0v) is 12.4. The molecule has 21 heavy (non-hydrogen) atoms. The average molecular weight is 290 g/mol. The first kappa shape index (κ1) is 14.5. The van der Waals surface area contributed by atoms with E-state index in [9.17, 15) is 9.18 Å². The minimum atomic E-state index is -0.280. The summed E-state index contributed by atoms with van der Waals surface area (Å²) in [5.74, 6) is -0.221. The topological polar surface area (TPSA) is 32.3 Å². The van der Waals surface area contributed by atoms with Gasteiger partial charge in [-0.15, -0.1) is 0 Å². The van der Waals surface area contributed by atoms with E-state index >= 15 is 0 Å². The quantitative estimate of drug-likeness (QED) is 0.907. The molecule has 0 radical (unpaired) electrons. The Hall–Kier alpha value is -1.42. The van der Waals surface area contributed by atoms with Gasteiger partial charge in [0.2, 0.25) is 5.91 Å². The molecule has 3 nitrogen and oxygen atoms in total. The number of likely N-dealkylation sites (tertiary alicyclic amines) is 1. The van der Waals surface area contributed by atoms with Crippen molar-refractivity contribution >= 4 is 5.91 Å². The van der Waals surface area contributed by atoms with Gasteiger partial charge < -0.3 is 10.2 Å². The van der Waals surface area contributed by atoms with Crippen LogP contribution in [0.3, 0.4) is 0 Å². The Balaban J connectivity index is 1.57. The lowest BCUT2D eigenvalue weighted by atomic mass is 9.71. The van der Waals surface area contributed by atoms with Crippen molar-refractivity contribution in [3.63, 3.8) is 0 Å². The van der Waals surface area contributed by atoms with E-state index in [1.165, 1.54) is 18.9 Å². The van der Waals surface area contributed by atoms with Crippen molar-refractivity contribution in [2.75, 3.05) is 26.2 Å². The van der Waals surface area contributed by atoms with Crippen LogP contribution in [-0.4, -0.2) is 37.0 Å². The maximum absolute atomic E-state index is 13.6. The lowest BCUT2D eigenvalue weighted by Gasteiger charge is -2.44. The molecule has 0 aliphatic carbocycles. The Morgan fingerprint density at radius 1 is 1.14 bits per heavy atom. The monoisotopic (exact) mass is 290 g/mol. The second kappa shape index (κ2) is 6.14. The first-order valence-corrected chi connectivity index (χ1v) is 7.90. The molecule has 0 aromatic heterocycles. The molecule has 1 amide bonds. The number of carbonyl (C=O) groups excluding carboxylic acids is 1. The number of hydrogen-bond acceptors (Lipinski definition) is 2. The molecule has 2 fully saturated rings. The van der Waals surface area contributed by atoms with E-state index in [1.807, 2.05) is 4.90 Å². The number of nitrogens with one attached hydrogen (secondary N) is 1. The first-order chi connectivity index (χ1) is 10.2. The van der Waals surface area contributed by atoms with E-state index in [0.29, 0.717) is 11.0 Å². The molecule has 1 aromatic carbocycles. The van der Waals surface area contributed by atoms with Gasteiger partial charge in [0.25, 0.3) is 0 Å². The summed E-state index contributed by atoms with van der Waals surface area (Å²) in [6.45, 7) is 3.85. The van der Waals surface area contributed by atoms with Gasteiger partial charge in [0.05, 0.1) is 6.42 Å². The fraction of sp³-hybridized carbons (Fsp3) is 0.588.